The largest absolute Gasteiger partial charge is 0.412 e. The Hall–Kier alpha value is -0.0400. The van der Waals surface area contributed by atoms with E-state index in [9.17, 15) is 0 Å². The Bertz CT molecular complexity index is 312. The molecule has 0 radical (unpaired) electrons. The molecule has 0 heterocycles. The molecule has 0 aromatic carbocycles. The van der Waals surface area contributed by atoms with Crippen LogP contribution >= 0.6 is 0 Å². The summed E-state index contributed by atoms with van der Waals surface area (Å²) < 4.78 is 0. The predicted octanol–water partition coefficient (Wildman–Crippen LogP) is 6.89. The van der Waals surface area contributed by atoms with E-state index >= 15 is 0 Å². The monoisotopic (exact) mass is 326 g/mol. The van der Waals surface area contributed by atoms with Crippen molar-refractivity contribution in [3.63, 3.8) is 0 Å². The van der Waals surface area contributed by atoms with Crippen molar-refractivity contribution in [2.75, 3.05) is 0 Å². The van der Waals surface area contributed by atoms with Crippen LogP contribution in [0.1, 0.15) is 107 Å². The van der Waals surface area contributed by atoms with Crippen molar-refractivity contribution in [3.8, 4) is 0 Å². The van der Waals surface area contributed by atoms with Crippen molar-refractivity contribution < 1.29 is 8.33 Å². The zero-order valence-electron chi connectivity index (χ0n) is 15.9. The number of hydrogen-bond donors (Lipinski definition) is 0. The molecule has 0 atom stereocenters. The molecule has 0 saturated heterocycles. The molecule has 0 aromatic rings. The highest BCUT2D eigenvalue weighted by atomic mass is 16.0. The minimum atomic E-state index is 0. The lowest BCUT2D eigenvalue weighted by Gasteiger charge is -2.37. The van der Waals surface area contributed by atoms with Crippen LogP contribution in [0.5, 0.6) is 0 Å². The summed E-state index contributed by atoms with van der Waals surface area (Å²) in [4.78, 5) is 0. The van der Waals surface area contributed by atoms with Gasteiger partial charge in [-0.1, -0.05) is 78.1 Å². The number of hydrogen-bond acceptors (Lipinski definition) is 0. The van der Waals surface area contributed by atoms with Crippen LogP contribution in [0, 0.1) is 35.5 Å². The van der Waals surface area contributed by atoms with Crippen molar-refractivity contribution in [2.45, 2.75) is 104 Å². The van der Waals surface area contributed by atoms with Crippen LogP contribution in [0.2, 0.25) is 0 Å². The molecule has 1 heteroatoms. The predicted molar refractivity (Wildman–Crippen MR) is 105 cm³/mol. The van der Waals surface area contributed by atoms with E-state index in [1.165, 1.54) is 38.5 Å². The molecule has 3 rings (SSSR count). The van der Waals surface area contributed by atoms with Gasteiger partial charge in [0.1, 0.15) is 0 Å². The van der Waals surface area contributed by atoms with Crippen molar-refractivity contribution in [1.82, 2.24) is 0 Å². The summed E-state index contributed by atoms with van der Waals surface area (Å²) in [7, 11) is 0. The lowest BCUT2D eigenvalue weighted by Crippen LogP contribution is -2.25. The van der Waals surface area contributed by atoms with Crippen molar-refractivity contribution >= 4 is 0 Å². The highest BCUT2D eigenvalue weighted by molar-refractivity contribution is 4.82. The zero-order chi connectivity index (χ0) is 15.4. The van der Waals surface area contributed by atoms with Gasteiger partial charge in [-0.3, -0.25) is 0 Å². The van der Waals surface area contributed by atoms with Crippen LogP contribution in [0.3, 0.4) is 0 Å². The Morgan fingerprint density at radius 1 is 0.522 bits per heavy atom. The van der Waals surface area contributed by atoms with Gasteiger partial charge >= 0.3 is 0 Å². The first kappa shape index (κ1) is 19.3. The Kier molecular flexibility index (Phi) is 7.92. The average Bonchev–Trinajstić information content (AvgIpc) is 2.56. The highest BCUT2D eigenvalue weighted by Gasteiger charge is 2.30. The summed E-state index contributed by atoms with van der Waals surface area (Å²) >= 11 is 0. The maximum atomic E-state index is 2.46. The smallest absolute Gasteiger partial charge is 0 e. The molecular weight excluding hydrogens is 280 g/mol. The summed E-state index contributed by atoms with van der Waals surface area (Å²) in [6.45, 7) is 4.91. The Labute approximate surface area is 148 Å². The van der Waals surface area contributed by atoms with Crippen LogP contribution in [-0.2, 0) is 0 Å². The second kappa shape index (κ2) is 9.44. The normalized spacial score (nSPS) is 42.0. The summed E-state index contributed by atoms with van der Waals surface area (Å²) in [6, 6.07) is 0. The average molecular weight is 327 g/mol. The Morgan fingerprint density at radius 2 is 0.826 bits per heavy atom. The lowest BCUT2D eigenvalue weighted by atomic mass is 9.68. The summed E-state index contributed by atoms with van der Waals surface area (Å²) in [6.07, 6.45) is 21.7. The fourth-order valence-corrected chi connectivity index (χ4v) is 5.79. The van der Waals surface area contributed by atoms with E-state index in [-0.39, 0.29) is 8.33 Å². The van der Waals surface area contributed by atoms with Gasteiger partial charge in [-0.15, -0.1) is 0 Å². The highest BCUT2D eigenvalue weighted by Crippen LogP contribution is 2.43. The maximum Gasteiger partial charge on any atom is 0 e. The third kappa shape index (κ3) is 5.76. The molecule has 2 N–H and O–H groups in total. The lowest BCUT2D eigenvalue weighted by molar-refractivity contribution is 0.142. The SMILES string of the molecule is CC1CCC(CCC2CCC(C3CCC(C)CC3)CC2)CC1.O.[HH].[HH]. The first-order valence-corrected chi connectivity index (χ1v) is 10.7. The molecule has 140 valence electrons. The molecule has 3 fully saturated rings. The first-order chi connectivity index (χ1) is 10.7. The van der Waals surface area contributed by atoms with Gasteiger partial charge in [0.05, 0.1) is 0 Å². The van der Waals surface area contributed by atoms with Crippen molar-refractivity contribution in [1.29, 1.82) is 0 Å². The van der Waals surface area contributed by atoms with Crippen LogP contribution in [0.4, 0.5) is 0 Å². The van der Waals surface area contributed by atoms with Gasteiger partial charge in [-0.25, -0.2) is 0 Å². The van der Waals surface area contributed by atoms with Gasteiger partial charge in [-0.2, -0.15) is 0 Å². The number of rotatable bonds is 4. The van der Waals surface area contributed by atoms with E-state index < -0.39 is 0 Å². The second-order valence-electron chi connectivity index (χ2n) is 9.50. The van der Waals surface area contributed by atoms with E-state index in [1.54, 1.807) is 51.4 Å². The maximum absolute atomic E-state index is 2.46. The Morgan fingerprint density at radius 3 is 1.26 bits per heavy atom. The van der Waals surface area contributed by atoms with Crippen LogP contribution in [0.25, 0.3) is 0 Å². The minimum Gasteiger partial charge on any atom is -0.412 e. The van der Waals surface area contributed by atoms with E-state index in [4.69, 9.17) is 0 Å². The van der Waals surface area contributed by atoms with Gasteiger partial charge < -0.3 is 5.48 Å². The quantitative estimate of drug-likeness (QED) is 0.538. The minimum absolute atomic E-state index is 0. The molecule has 0 aliphatic heterocycles. The van der Waals surface area contributed by atoms with Crippen LogP contribution in [-0.4, -0.2) is 5.48 Å². The third-order valence-electron chi connectivity index (χ3n) is 7.74. The molecule has 0 amide bonds. The molecule has 0 spiro atoms. The van der Waals surface area contributed by atoms with Gasteiger partial charge in [0.2, 0.25) is 0 Å². The van der Waals surface area contributed by atoms with Crippen molar-refractivity contribution in [2.24, 2.45) is 35.5 Å². The van der Waals surface area contributed by atoms with Crippen LogP contribution in [0.15, 0.2) is 0 Å². The molecule has 23 heavy (non-hydrogen) atoms. The summed E-state index contributed by atoms with van der Waals surface area (Å²) in [5.41, 5.74) is 0. The van der Waals surface area contributed by atoms with Gasteiger partial charge in [-0.05, 0) is 61.2 Å². The second-order valence-corrected chi connectivity index (χ2v) is 9.50. The fourth-order valence-electron chi connectivity index (χ4n) is 5.79. The van der Waals surface area contributed by atoms with Crippen LogP contribution < -0.4 is 0 Å². The Balaban J connectivity index is 0.00000192. The first-order valence-electron chi connectivity index (χ1n) is 10.7. The molecule has 3 aliphatic carbocycles. The molecule has 3 aliphatic rings. The van der Waals surface area contributed by atoms with Gasteiger partial charge in [0.25, 0.3) is 0 Å². The molecule has 0 bridgehead atoms. The van der Waals surface area contributed by atoms with Gasteiger partial charge in [0.15, 0.2) is 0 Å². The fraction of sp³-hybridized carbons (Fsp3) is 1.00. The van der Waals surface area contributed by atoms with Crippen molar-refractivity contribution in [3.05, 3.63) is 0 Å². The van der Waals surface area contributed by atoms with E-state index in [1.807, 2.05) is 0 Å². The standard InChI is InChI=1S/C22H40.H2O.2H2/c1-17-3-7-19(8-4-17)9-10-20-11-15-22(16-12-20)21-13-5-18(2)6-14-21;;;/h17-22H,3-16H2,1-2H3;1H2;2*1H. The molecule has 3 saturated carbocycles. The molecular formula is C22H46O. The summed E-state index contributed by atoms with van der Waals surface area (Å²) in [5, 5.41) is 0. The molecule has 0 unspecified atom stereocenters. The van der Waals surface area contributed by atoms with E-state index in [0.717, 1.165) is 35.5 Å². The van der Waals surface area contributed by atoms with E-state index in [2.05, 4.69) is 13.8 Å². The van der Waals surface area contributed by atoms with E-state index in [0.29, 0.717) is 0 Å². The molecule has 0 aromatic heterocycles. The topological polar surface area (TPSA) is 31.5 Å². The zero-order valence-corrected chi connectivity index (χ0v) is 15.9. The third-order valence-corrected chi connectivity index (χ3v) is 7.74. The molecule has 1 nitrogen and oxygen atoms in total. The summed E-state index contributed by atoms with van der Waals surface area (Å²) in [5.74, 6) is 6.44. The van der Waals surface area contributed by atoms with Gasteiger partial charge in [0, 0.05) is 2.85 Å².